The van der Waals surface area contributed by atoms with E-state index in [1.807, 2.05) is 40.5 Å². The first-order chi connectivity index (χ1) is 15.8. The van der Waals surface area contributed by atoms with Gasteiger partial charge in [0, 0.05) is 35.9 Å². The van der Waals surface area contributed by atoms with Crippen LogP contribution in [0.1, 0.15) is 48.4 Å². The number of thiophene rings is 1. The SMILES string of the molecule is COc1cccc(CN2C(=O)N(CCC(C)C)C3(CCN(Cc4ccc(C)s4)CC3)C2=O)c1. The first-order valence-electron chi connectivity index (χ1n) is 11.9. The van der Waals surface area contributed by atoms with Crippen LogP contribution in [-0.4, -0.2) is 58.9 Å². The van der Waals surface area contributed by atoms with E-state index in [4.69, 9.17) is 4.74 Å². The number of urea groups is 1. The second-order valence-corrected chi connectivity index (χ2v) is 11.1. The molecule has 0 saturated carbocycles. The lowest BCUT2D eigenvalue weighted by atomic mass is 9.85. The summed E-state index contributed by atoms with van der Waals surface area (Å²) in [5, 5.41) is 0. The van der Waals surface area contributed by atoms with E-state index in [0.717, 1.165) is 37.4 Å². The van der Waals surface area contributed by atoms with Gasteiger partial charge in [-0.3, -0.25) is 14.6 Å². The van der Waals surface area contributed by atoms with Crippen molar-refractivity contribution in [1.29, 1.82) is 0 Å². The van der Waals surface area contributed by atoms with Crippen LogP contribution in [0.2, 0.25) is 0 Å². The van der Waals surface area contributed by atoms with E-state index in [1.165, 1.54) is 14.7 Å². The molecular formula is C26H35N3O3S. The van der Waals surface area contributed by atoms with Crippen LogP contribution in [0, 0.1) is 12.8 Å². The van der Waals surface area contributed by atoms with Gasteiger partial charge < -0.3 is 9.64 Å². The van der Waals surface area contributed by atoms with Gasteiger partial charge in [-0.15, -0.1) is 11.3 Å². The van der Waals surface area contributed by atoms with Gasteiger partial charge in [0.2, 0.25) is 0 Å². The quantitative estimate of drug-likeness (QED) is 0.516. The Kier molecular flexibility index (Phi) is 7.10. The number of carbonyl (C=O) groups excluding carboxylic acids is 2. The summed E-state index contributed by atoms with van der Waals surface area (Å²) in [7, 11) is 1.62. The molecule has 2 aromatic rings. The standard InChI is InChI=1S/C26H35N3O3S/c1-19(2)10-13-29-25(31)28(17-21-6-5-7-22(16-21)32-4)24(30)26(29)11-14-27(15-12-26)18-23-9-8-20(3)33-23/h5-9,16,19H,10-15,17-18H2,1-4H3. The molecule has 0 bridgehead atoms. The number of hydrogen-bond acceptors (Lipinski definition) is 5. The molecule has 3 heterocycles. The molecule has 2 aliphatic rings. The highest BCUT2D eigenvalue weighted by Gasteiger charge is 2.57. The molecule has 6 nitrogen and oxygen atoms in total. The van der Waals surface area contributed by atoms with Crippen LogP contribution >= 0.6 is 11.3 Å². The second-order valence-electron chi connectivity index (χ2n) is 9.68. The van der Waals surface area contributed by atoms with Gasteiger partial charge in [0.25, 0.3) is 5.91 Å². The molecule has 0 atom stereocenters. The third-order valence-corrected chi connectivity index (χ3v) is 7.87. The normalized spacial score (nSPS) is 18.7. The molecule has 0 radical (unpaired) electrons. The van der Waals surface area contributed by atoms with E-state index >= 15 is 0 Å². The Labute approximate surface area is 201 Å². The molecule has 178 valence electrons. The zero-order chi connectivity index (χ0) is 23.6. The highest BCUT2D eigenvalue weighted by molar-refractivity contribution is 7.11. The van der Waals surface area contributed by atoms with Crippen molar-refractivity contribution in [2.75, 3.05) is 26.7 Å². The molecule has 1 aromatic carbocycles. The van der Waals surface area contributed by atoms with Crippen molar-refractivity contribution in [3.63, 3.8) is 0 Å². The summed E-state index contributed by atoms with van der Waals surface area (Å²) in [6, 6.07) is 11.8. The maximum Gasteiger partial charge on any atom is 0.327 e. The summed E-state index contributed by atoms with van der Waals surface area (Å²) in [6.45, 7) is 9.92. The van der Waals surface area contributed by atoms with E-state index in [-0.39, 0.29) is 18.5 Å². The summed E-state index contributed by atoms with van der Waals surface area (Å²) in [6.07, 6.45) is 2.27. The number of piperidine rings is 1. The molecule has 4 rings (SSSR count). The van der Waals surface area contributed by atoms with Crippen molar-refractivity contribution < 1.29 is 14.3 Å². The van der Waals surface area contributed by atoms with Crippen molar-refractivity contribution in [3.8, 4) is 5.75 Å². The van der Waals surface area contributed by atoms with Crippen LogP contribution in [0.25, 0.3) is 0 Å². The third kappa shape index (κ3) is 4.94. The van der Waals surface area contributed by atoms with Crippen molar-refractivity contribution >= 4 is 23.3 Å². The van der Waals surface area contributed by atoms with Gasteiger partial charge in [0.1, 0.15) is 11.3 Å². The molecule has 2 saturated heterocycles. The van der Waals surface area contributed by atoms with E-state index in [0.29, 0.717) is 25.3 Å². The van der Waals surface area contributed by atoms with Gasteiger partial charge in [-0.05, 0) is 61.9 Å². The van der Waals surface area contributed by atoms with Crippen molar-refractivity contribution in [3.05, 3.63) is 51.7 Å². The number of imide groups is 1. The third-order valence-electron chi connectivity index (χ3n) is 6.89. The monoisotopic (exact) mass is 469 g/mol. The maximum atomic E-state index is 13.8. The fraction of sp³-hybridized carbons (Fsp3) is 0.538. The number of carbonyl (C=O) groups is 2. The molecule has 7 heteroatoms. The number of methoxy groups -OCH3 is 1. The van der Waals surface area contributed by atoms with Crippen molar-refractivity contribution in [2.24, 2.45) is 5.92 Å². The number of amides is 3. The Bertz CT molecular complexity index is 994. The Morgan fingerprint density at radius 2 is 1.85 bits per heavy atom. The molecule has 0 unspecified atom stereocenters. The lowest BCUT2D eigenvalue weighted by molar-refractivity contribution is -0.136. The first kappa shape index (κ1) is 23.8. The summed E-state index contributed by atoms with van der Waals surface area (Å²) in [5.74, 6) is 1.17. The highest BCUT2D eigenvalue weighted by atomic mass is 32.1. The molecule has 1 aromatic heterocycles. The number of ether oxygens (including phenoxy) is 1. The van der Waals surface area contributed by atoms with E-state index in [2.05, 4.69) is 37.8 Å². The minimum absolute atomic E-state index is 0.0364. The predicted octanol–water partition coefficient (Wildman–Crippen LogP) is 4.91. The molecule has 0 N–H and O–H groups in total. The Morgan fingerprint density at radius 3 is 2.48 bits per heavy atom. The first-order valence-corrected chi connectivity index (χ1v) is 12.7. The number of benzene rings is 1. The fourth-order valence-electron chi connectivity index (χ4n) is 4.93. The predicted molar refractivity (Wildman–Crippen MR) is 131 cm³/mol. The summed E-state index contributed by atoms with van der Waals surface area (Å²) < 4.78 is 5.33. The number of aryl methyl sites for hydroxylation is 1. The minimum Gasteiger partial charge on any atom is -0.497 e. The van der Waals surface area contributed by atoms with Gasteiger partial charge in [-0.25, -0.2) is 4.79 Å². The molecular weight excluding hydrogens is 434 g/mol. The molecule has 3 amide bonds. The number of hydrogen-bond donors (Lipinski definition) is 0. The summed E-state index contributed by atoms with van der Waals surface area (Å²) in [4.78, 5) is 35.8. The molecule has 0 aliphatic carbocycles. The molecule has 1 spiro atoms. The Balaban J connectivity index is 1.52. The lowest BCUT2D eigenvalue weighted by Crippen LogP contribution is -2.56. The van der Waals surface area contributed by atoms with Crippen LogP contribution < -0.4 is 4.74 Å². The zero-order valence-electron chi connectivity index (χ0n) is 20.2. The molecule has 33 heavy (non-hydrogen) atoms. The largest absolute Gasteiger partial charge is 0.497 e. The second kappa shape index (κ2) is 9.85. The van der Waals surface area contributed by atoms with Gasteiger partial charge in [-0.2, -0.15) is 0 Å². The molecule has 2 fully saturated rings. The summed E-state index contributed by atoms with van der Waals surface area (Å²) in [5.41, 5.74) is 0.189. The maximum absolute atomic E-state index is 13.8. The smallest absolute Gasteiger partial charge is 0.327 e. The fourth-order valence-corrected chi connectivity index (χ4v) is 5.86. The topological polar surface area (TPSA) is 53.1 Å². The van der Waals surface area contributed by atoms with E-state index in [1.54, 1.807) is 7.11 Å². The van der Waals surface area contributed by atoms with Gasteiger partial charge in [-0.1, -0.05) is 26.0 Å². The van der Waals surface area contributed by atoms with Crippen LogP contribution in [0.3, 0.4) is 0 Å². The highest BCUT2D eigenvalue weighted by Crippen LogP contribution is 2.39. The number of rotatable bonds is 8. The van der Waals surface area contributed by atoms with Crippen molar-refractivity contribution in [1.82, 2.24) is 14.7 Å². The number of likely N-dealkylation sites (tertiary alicyclic amines) is 1. The van der Waals surface area contributed by atoms with Crippen LogP contribution in [0.5, 0.6) is 5.75 Å². The lowest BCUT2D eigenvalue weighted by Gasteiger charge is -2.42. The van der Waals surface area contributed by atoms with Gasteiger partial charge in [0.15, 0.2) is 0 Å². The van der Waals surface area contributed by atoms with E-state index < -0.39 is 5.54 Å². The zero-order valence-corrected chi connectivity index (χ0v) is 21.0. The average molecular weight is 470 g/mol. The van der Waals surface area contributed by atoms with Crippen LogP contribution in [0.4, 0.5) is 4.79 Å². The van der Waals surface area contributed by atoms with Crippen LogP contribution in [0.15, 0.2) is 36.4 Å². The Morgan fingerprint density at radius 1 is 1.09 bits per heavy atom. The van der Waals surface area contributed by atoms with Gasteiger partial charge >= 0.3 is 6.03 Å². The van der Waals surface area contributed by atoms with Gasteiger partial charge in [0.05, 0.1) is 13.7 Å². The van der Waals surface area contributed by atoms with Crippen molar-refractivity contribution in [2.45, 2.75) is 58.7 Å². The minimum atomic E-state index is -0.716. The number of nitrogens with zero attached hydrogens (tertiary/aromatic N) is 3. The van der Waals surface area contributed by atoms with Crippen LogP contribution in [-0.2, 0) is 17.9 Å². The molecule has 2 aliphatic heterocycles. The average Bonchev–Trinajstić information content (AvgIpc) is 3.29. The Hall–Kier alpha value is -2.38. The van der Waals surface area contributed by atoms with E-state index in [9.17, 15) is 9.59 Å². The summed E-state index contributed by atoms with van der Waals surface area (Å²) >= 11 is 1.83.